The molecule has 0 aliphatic carbocycles. The average molecular weight is 372 g/mol. The second kappa shape index (κ2) is 7.15. The molecule has 28 heavy (non-hydrogen) atoms. The number of aromatic nitrogens is 3. The lowest BCUT2D eigenvalue weighted by atomic mass is 10.1. The fraction of sp³-hybridized carbons (Fsp3) is 0.136. The van der Waals surface area contributed by atoms with E-state index in [-0.39, 0.29) is 24.0 Å². The minimum absolute atomic E-state index is 0.0974. The van der Waals surface area contributed by atoms with Crippen molar-refractivity contribution < 1.29 is 9.53 Å². The van der Waals surface area contributed by atoms with E-state index < -0.39 is 5.97 Å². The third-order valence-corrected chi connectivity index (χ3v) is 4.74. The Hall–Kier alpha value is -3.67. The van der Waals surface area contributed by atoms with Gasteiger partial charge in [-0.1, -0.05) is 55.1 Å². The lowest BCUT2D eigenvalue weighted by molar-refractivity contribution is 0.0553. The monoisotopic (exact) mass is 372 g/mol. The molecule has 0 saturated heterocycles. The number of hydrogen-bond donors (Lipinski definition) is 1. The number of benzene rings is 2. The Kier molecular flexibility index (Phi) is 4.53. The SMILES string of the molecule is C=CCOC(=O)c1c(N)n(C(C)c2ccccc2)c2nc3ccccc3nc12. The molecule has 2 aromatic heterocycles. The number of nitrogens with two attached hydrogens (primary N) is 1. The van der Waals surface area contributed by atoms with Crippen LogP contribution in [-0.2, 0) is 4.74 Å². The zero-order valence-corrected chi connectivity index (χ0v) is 15.5. The van der Waals surface area contributed by atoms with E-state index in [4.69, 9.17) is 15.5 Å². The molecule has 0 bridgehead atoms. The van der Waals surface area contributed by atoms with Gasteiger partial charge < -0.3 is 15.0 Å². The molecule has 2 aromatic carbocycles. The molecule has 0 radical (unpaired) electrons. The maximum atomic E-state index is 12.7. The molecule has 2 N–H and O–H groups in total. The largest absolute Gasteiger partial charge is 0.458 e. The van der Waals surface area contributed by atoms with Crippen LogP contribution in [0, 0.1) is 0 Å². The van der Waals surface area contributed by atoms with E-state index in [1.807, 2.05) is 66.1 Å². The molecule has 0 aliphatic heterocycles. The lowest BCUT2D eigenvalue weighted by Gasteiger charge is -2.17. The molecule has 1 atom stereocenters. The molecular weight excluding hydrogens is 352 g/mol. The normalized spacial score (nSPS) is 12.2. The van der Waals surface area contributed by atoms with Crippen LogP contribution in [0.5, 0.6) is 0 Å². The zero-order valence-electron chi connectivity index (χ0n) is 15.5. The van der Waals surface area contributed by atoms with E-state index >= 15 is 0 Å². The topological polar surface area (TPSA) is 83.0 Å². The van der Waals surface area contributed by atoms with Gasteiger partial charge in [-0.05, 0) is 24.6 Å². The summed E-state index contributed by atoms with van der Waals surface area (Å²) in [5.74, 6) is -0.248. The van der Waals surface area contributed by atoms with Gasteiger partial charge in [-0.3, -0.25) is 0 Å². The number of anilines is 1. The first-order valence-corrected chi connectivity index (χ1v) is 9.01. The minimum atomic E-state index is -0.536. The van der Waals surface area contributed by atoms with Crippen LogP contribution in [0.2, 0.25) is 0 Å². The lowest BCUT2D eigenvalue weighted by Crippen LogP contribution is -2.13. The van der Waals surface area contributed by atoms with Crippen LogP contribution < -0.4 is 5.73 Å². The fourth-order valence-corrected chi connectivity index (χ4v) is 3.36. The molecule has 6 heteroatoms. The number of esters is 1. The van der Waals surface area contributed by atoms with Crippen LogP contribution in [0.1, 0.15) is 28.9 Å². The second-order valence-corrected chi connectivity index (χ2v) is 6.49. The van der Waals surface area contributed by atoms with Crippen molar-refractivity contribution >= 4 is 34.0 Å². The van der Waals surface area contributed by atoms with Gasteiger partial charge in [0.2, 0.25) is 0 Å². The average Bonchev–Trinajstić information content (AvgIpc) is 3.01. The third-order valence-electron chi connectivity index (χ3n) is 4.74. The van der Waals surface area contributed by atoms with Gasteiger partial charge in [0.05, 0.1) is 17.1 Å². The molecule has 1 unspecified atom stereocenters. The first-order chi connectivity index (χ1) is 13.6. The fourth-order valence-electron chi connectivity index (χ4n) is 3.36. The highest BCUT2D eigenvalue weighted by Crippen LogP contribution is 2.33. The maximum Gasteiger partial charge on any atom is 0.344 e. The predicted molar refractivity (Wildman–Crippen MR) is 110 cm³/mol. The van der Waals surface area contributed by atoms with Gasteiger partial charge >= 0.3 is 5.97 Å². The summed E-state index contributed by atoms with van der Waals surface area (Å²) in [6.45, 7) is 5.70. The summed E-state index contributed by atoms with van der Waals surface area (Å²) in [5, 5.41) is 0. The van der Waals surface area contributed by atoms with Gasteiger partial charge in [-0.2, -0.15) is 0 Å². The number of para-hydroxylation sites is 2. The maximum absolute atomic E-state index is 12.7. The van der Waals surface area contributed by atoms with Crippen molar-refractivity contribution in [1.29, 1.82) is 0 Å². The van der Waals surface area contributed by atoms with E-state index in [1.54, 1.807) is 0 Å². The van der Waals surface area contributed by atoms with E-state index in [0.717, 1.165) is 11.1 Å². The van der Waals surface area contributed by atoms with Crippen LogP contribution in [0.4, 0.5) is 5.82 Å². The van der Waals surface area contributed by atoms with E-state index in [2.05, 4.69) is 11.6 Å². The van der Waals surface area contributed by atoms with E-state index in [0.29, 0.717) is 16.7 Å². The Morgan fingerprint density at radius 2 is 1.79 bits per heavy atom. The van der Waals surface area contributed by atoms with Crippen molar-refractivity contribution in [3.63, 3.8) is 0 Å². The van der Waals surface area contributed by atoms with Crippen LogP contribution in [0.25, 0.3) is 22.2 Å². The second-order valence-electron chi connectivity index (χ2n) is 6.49. The van der Waals surface area contributed by atoms with Crippen LogP contribution in [0.3, 0.4) is 0 Å². The van der Waals surface area contributed by atoms with Gasteiger partial charge in [0.1, 0.15) is 23.5 Å². The van der Waals surface area contributed by atoms with Crippen molar-refractivity contribution in [3.05, 3.63) is 78.4 Å². The Morgan fingerprint density at radius 3 is 2.46 bits per heavy atom. The van der Waals surface area contributed by atoms with E-state index in [9.17, 15) is 4.79 Å². The molecule has 6 nitrogen and oxygen atoms in total. The highest BCUT2D eigenvalue weighted by Gasteiger charge is 2.27. The van der Waals surface area contributed by atoms with Crippen LogP contribution in [0.15, 0.2) is 67.3 Å². The summed E-state index contributed by atoms with van der Waals surface area (Å²) in [7, 11) is 0. The Balaban J connectivity index is 2.00. The molecule has 0 saturated carbocycles. The van der Waals surface area contributed by atoms with Crippen molar-refractivity contribution in [2.45, 2.75) is 13.0 Å². The van der Waals surface area contributed by atoms with Gasteiger partial charge in [0.15, 0.2) is 5.65 Å². The zero-order chi connectivity index (χ0) is 19.7. The minimum Gasteiger partial charge on any atom is -0.458 e. The molecule has 140 valence electrons. The molecule has 0 fully saturated rings. The van der Waals surface area contributed by atoms with Gasteiger partial charge in [0, 0.05) is 0 Å². The van der Waals surface area contributed by atoms with Crippen LogP contribution >= 0.6 is 0 Å². The highest BCUT2D eigenvalue weighted by molar-refractivity contribution is 6.08. The Morgan fingerprint density at radius 1 is 1.14 bits per heavy atom. The summed E-state index contributed by atoms with van der Waals surface area (Å²) in [6.07, 6.45) is 1.51. The quantitative estimate of drug-likeness (QED) is 0.421. The Labute approximate surface area is 162 Å². The molecule has 0 aliphatic rings. The molecular formula is C22H20N4O2. The third kappa shape index (κ3) is 2.89. The van der Waals surface area contributed by atoms with Gasteiger partial charge in [-0.25, -0.2) is 14.8 Å². The number of carbonyl (C=O) groups is 1. The predicted octanol–water partition coefficient (Wildman–Crippen LogP) is 4.12. The first-order valence-electron chi connectivity index (χ1n) is 9.01. The van der Waals surface area contributed by atoms with Crippen LogP contribution in [-0.4, -0.2) is 27.1 Å². The molecule has 0 spiro atoms. The van der Waals surface area contributed by atoms with Crippen molar-refractivity contribution in [2.75, 3.05) is 12.3 Å². The summed E-state index contributed by atoms with van der Waals surface area (Å²) >= 11 is 0. The van der Waals surface area contributed by atoms with Gasteiger partial charge in [0.25, 0.3) is 0 Å². The first kappa shape index (κ1) is 17.7. The standard InChI is InChI=1S/C22H20N4O2/c1-3-13-28-22(27)18-19-21(25-17-12-8-7-11-16(17)24-19)26(20(18)23)14(2)15-9-5-4-6-10-15/h3-12,14H,1,13,23H2,2H3. The summed E-state index contributed by atoms with van der Waals surface area (Å²) < 4.78 is 7.10. The number of ether oxygens (including phenoxy) is 1. The smallest absolute Gasteiger partial charge is 0.344 e. The molecule has 4 aromatic rings. The number of hydrogen-bond acceptors (Lipinski definition) is 5. The number of carbonyl (C=O) groups excluding carboxylic acids is 1. The summed E-state index contributed by atoms with van der Waals surface area (Å²) in [4.78, 5) is 22.2. The summed E-state index contributed by atoms with van der Waals surface area (Å²) in [5.41, 5.74) is 10.1. The Bertz CT molecular complexity index is 1180. The van der Waals surface area contributed by atoms with Crippen molar-refractivity contribution in [1.82, 2.24) is 14.5 Å². The summed E-state index contributed by atoms with van der Waals surface area (Å²) in [6, 6.07) is 17.3. The molecule has 2 heterocycles. The number of rotatable bonds is 5. The van der Waals surface area contributed by atoms with Gasteiger partial charge in [-0.15, -0.1) is 0 Å². The molecule has 4 rings (SSSR count). The highest BCUT2D eigenvalue weighted by atomic mass is 16.5. The molecule has 0 amide bonds. The van der Waals surface area contributed by atoms with Crippen molar-refractivity contribution in [3.8, 4) is 0 Å². The van der Waals surface area contributed by atoms with Crippen molar-refractivity contribution in [2.24, 2.45) is 0 Å². The number of nitrogens with zero attached hydrogens (tertiary/aromatic N) is 3. The number of nitrogen functional groups attached to an aromatic ring is 1. The number of fused-ring (bicyclic) bond motifs is 2. The van der Waals surface area contributed by atoms with E-state index in [1.165, 1.54) is 6.08 Å².